The second kappa shape index (κ2) is 6.87. The molecule has 1 saturated heterocycles. The molecule has 2 rings (SSSR count). The van der Waals surface area contributed by atoms with E-state index in [1.165, 1.54) is 41.5 Å². The molecule has 1 aromatic rings. The summed E-state index contributed by atoms with van der Waals surface area (Å²) in [5.41, 5.74) is 7.37. The van der Waals surface area contributed by atoms with Gasteiger partial charge >= 0.3 is 0 Å². The van der Waals surface area contributed by atoms with Gasteiger partial charge in [0.2, 0.25) is 0 Å². The zero-order valence-corrected chi connectivity index (χ0v) is 13.3. The van der Waals surface area contributed by atoms with Crippen molar-refractivity contribution < 1.29 is 0 Å². The van der Waals surface area contributed by atoms with Crippen molar-refractivity contribution in [2.45, 2.75) is 32.2 Å². The number of nitrogens with two attached hydrogens (primary N) is 1. The first-order valence-electron chi connectivity index (χ1n) is 6.94. The van der Waals surface area contributed by atoms with Crippen LogP contribution in [0.4, 0.5) is 0 Å². The Morgan fingerprint density at radius 3 is 2.72 bits per heavy atom. The largest absolute Gasteiger partial charge is 0.329 e. The van der Waals surface area contributed by atoms with Crippen molar-refractivity contribution in [3.8, 4) is 0 Å². The van der Waals surface area contributed by atoms with Crippen molar-refractivity contribution in [1.29, 1.82) is 0 Å². The van der Waals surface area contributed by atoms with Gasteiger partial charge in [0.05, 0.1) is 0 Å². The Labute approximate surface area is 124 Å². The Morgan fingerprint density at radius 2 is 2.11 bits per heavy atom. The average molecular weight is 358 g/mol. The number of nitrogens with zero attached hydrogens (tertiary/aromatic N) is 1. The Bertz CT molecular complexity index is 363. The Hall–Kier alpha value is -0.130. The van der Waals surface area contributed by atoms with Crippen LogP contribution >= 0.6 is 22.6 Å². The molecule has 2 N–H and O–H groups in total. The first-order chi connectivity index (χ1) is 8.74. The Kier molecular flexibility index (Phi) is 5.45. The van der Waals surface area contributed by atoms with Gasteiger partial charge in [-0.2, -0.15) is 0 Å². The molecule has 0 amide bonds. The van der Waals surface area contributed by atoms with Crippen LogP contribution in [0.1, 0.15) is 37.8 Å². The van der Waals surface area contributed by atoms with E-state index < -0.39 is 0 Å². The molecule has 0 bridgehead atoms. The molecule has 100 valence electrons. The lowest BCUT2D eigenvalue weighted by molar-refractivity contribution is 0.239. The number of hydrogen-bond acceptors (Lipinski definition) is 2. The molecule has 1 heterocycles. The zero-order valence-electron chi connectivity index (χ0n) is 11.1. The van der Waals surface area contributed by atoms with Crippen molar-refractivity contribution in [1.82, 2.24) is 4.90 Å². The first-order valence-corrected chi connectivity index (χ1v) is 8.02. The third kappa shape index (κ3) is 3.45. The van der Waals surface area contributed by atoms with E-state index in [1.807, 2.05) is 0 Å². The quantitative estimate of drug-likeness (QED) is 0.818. The normalized spacial score (nSPS) is 22.3. The summed E-state index contributed by atoms with van der Waals surface area (Å²) in [6.45, 7) is 5.43. The molecule has 1 aromatic carbocycles. The predicted molar refractivity (Wildman–Crippen MR) is 85.5 cm³/mol. The molecule has 1 aliphatic rings. The fourth-order valence-electron chi connectivity index (χ4n) is 2.97. The maximum atomic E-state index is 6.00. The van der Waals surface area contributed by atoms with Gasteiger partial charge in [-0.1, -0.05) is 25.5 Å². The van der Waals surface area contributed by atoms with Gasteiger partial charge in [-0.25, -0.2) is 0 Å². The van der Waals surface area contributed by atoms with E-state index in [2.05, 4.69) is 58.7 Å². The fraction of sp³-hybridized carbons (Fsp3) is 0.600. The van der Waals surface area contributed by atoms with E-state index in [0.29, 0.717) is 6.04 Å². The molecule has 2 atom stereocenters. The van der Waals surface area contributed by atoms with E-state index in [1.54, 1.807) is 0 Å². The van der Waals surface area contributed by atoms with Gasteiger partial charge in [-0.05, 0) is 65.6 Å². The number of benzene rings is 1. The van der Waals surface area contributed by atoms with Gasteiger partial charge < -0.3 is 5.73 Å². The molecule has 0 aromatic heterocycles. The third-order valence-electron chi connectivity index (χ3n) is 3.93. The standard InChI is InChI=1S/C15H23IN2/c1-2-3-12-8-9-18(11-12)15(10-17)13-4-6-14(16)7-5-13/h4-7,12,15H,2-3,8-11,17H2,1H3. The molecular weight excluding hydrogens is 335 g/mol. The lowest BCUT2D eigenvalue weighted by Crippen LogP contribution is -2.32. The minimum absolute atomic E-state index is 0.406. The van der Waals surface area contributed by atoms with E-state index in [0.717, 1.165) is 12.5 Å². The van der Waals surface area contributed by atoms with Gasteiger partial charge in [0.15, 0.2) is 0 Å². The van der Waals surface area contributed by atoms with Crippen LogP contribution in [0.15, 0.2) is 24.3 Å². The summed E-state index contributed by atoms with van der Waals surface area (Å²) in [6, 6.07) is 9.22. The number of rotatable bonds is 5. The van der Waals surface area contributed by atoms with Crippen LogP contribution in [0.25, 0.3) is 0 Å². The molecule has 18 heavy (non-hydrogen) atoms. The number of halogens is 1. The first kappa shape index (κ1) is 14.3. The number of likely N-dealkylation sites (tertiary alicyclic amines) is 1. The second-order valence-corrected chi connectivity index (χ2v) is 6.49. The predicted octanol–water partition coefficient (Wildman–Crippen LogP) is 3.41. The zero-order chi connectivity index (χ0) is 13.0. The number of hydrogen-bond donors (Lipinski definition) is 1. The summed E-state index contributed by atoms with van der Waals surface area (Å²) < 4.78 is 1.29. The summed E-state index contributed by atoms with van der Waals surface area (Å²) >= 11 is 2.35. The molecule has 1 aliphatic heterocycles. The monoisotopic (exact) mass is 358 g/mol. The molecule has 2 nitrogen and oxygen atoms in total. The van der Waals surface area contributed by atoms with E-state index >= 15 is 0 Å². The summed E-state index contributed by atoms with van der Waals surface area (Å²) in [7, 11) is 0. The van der Waals surface area contributed by atoms with Gasteiger partial charge in [-0.15, -0.1) is 0 Å². The molecule has 0 spiro atoms. The second-order valence-electron chi connectivity index (χ2n) is 5.24. The van der Waals surface area contributed by atoms with Crippen LogP contribution in [-0.4, -0.2) is 24.5 Å². The fourth-order valence-corrected chi connectivity index (χ4v) is 3.33. The van der Waals surface area contributed by atoms with Crippen molar-refractivity contribution in [2.75, 3.05) is 19.6 Å². The summed E-state index contributed by atoms with van der Waals surface area (Å²) in [4.78, 5) is 2.57. The molecule has 3 heteroatoms. The maximum absolute atomic E-state index is 6.00. The molecule has 0 saturated carbocycles. The molecular formula is C15H23IN2. The topological polar surface area (TPSA) is 29.3 Å². The van der Waals surface area contributed by atoms with Crippen LogP contribution in [0.5, 0.6) is 0 Å². The van der Waals surface area contributed by atoms with Gasteiger partial charge in [0.1, 0.15) is 0 Å². The van der Waals surface area contributed by atoms with Crippen LogP contribution in [0.2, 0.25) is 0 Å². The molecule has 1 fully saturated rings. The lowest BCUT2D eigenvalue weighted by Gasteiger charge is -2.27. The van der Waals surface area contributed by atoms with Crippen molar-refractivity contribution >= 4 is 22.6 Å². The maximum Gasteiger partial charge on any atom is 0.0470 e. The highest BCUT2D eigenvalue weighted by molar-refractivity contribution is 14.1. The van der Waals surface area contributed by atoms with Crippen LogP contribution in [0.3, 0.4) is 0 Å². The average Bonchev–Trinajstić information content (AvgIpc) is 2.82. The SMILES string of the molecule is CCCC1CCN(C(CN)c2ccc(I)cc2)C1. The van der Waals surface area contributed by atoms with Gasteiger partial charge in [-0.3, -0.25) is 4.90 Å². The minimum atomic E-state index is 0.406. The minimum Gasteiger partial charge on any atom is -0.329 e. The molecule has 0 radical (unpaired) electrons. The van der Waals surface area contributed by atoms with Gasteiger partial charge in [0, 0.05) is 22.7 Å². The summed E-state index contributed by atoms with van der Waals surface area (Å²) in [6.07, 6.45) is 4.00. The molecule has 0 aliphatic carbocycles. The van der Waals surface area contributed by atoms with Crippen molar-refractivity contribution in [2.24, 2.45) is 11.7 Å². The highest BCUT2D eigenvalue weighted by Gasteiger charge is 2.27. The lowest BCUT2D eigenvalue weighted by atomic mass is 10.0. The smallest absolute Gasteiger partial charge is 0.0470 e. The van der Waals surface area contributed by atoms with Crippen LogP contribution in [-0.2, 0) is 0 Å². The summed E-state index contributed by atoms with van der Waals surface area (Å²) in [5, 5.41) is 0. The Morgan fingerprint density at radius 1 is 1.39 bits per heavy atom. The van der Waals surface area contributed by atoms with Gasteiger partial charge in [0.25, 0.3) is 0 Å². The van der Waals surface area contributed by atoms with Crippen molar-refractivity contribution in [3.05, 3.63) is 33.4 Å². The molecule has 2 unspecified atom stereocenters. The third-order valence-corrected chi connectivity index (χ3v) is 4.65. The van der Waals surface area contributed by atoms with E-state index in [9.17, 15) is 0 Å². The van der Waals surface area contributed by atoms with Crippen LogP contribution < -0.4 is 5.73 Å². The highest BCUT2D eigenvalue weighted by Crippen LogP contribution is 2.29. The van der Waals surface area contributed by atoms with E-state index in [4.69, 9.17) is 5.73 Å². The highest BCUT2D eigenvalue weighted by atomic mass is 127. The Balaban J connectivity index is 2.03. The van der Waals surface area contributed by atoms with Crippen LogP contribution in [0, 0.1) is 9.49 Å². The van der Waals surface area contributed by atoms with Crippen molar-refractivity contribution in [3.63, 3.8) is 0 Å². The van der Waals surface area contributed by atoms with E-state index in [-0.39, 0.29) is 0 Å². The summed E-state index contributed by atoms with van der Waals surface area (Å²) in [5.74, 6) is 0.882.